The molecule has 2 aliphatic rings. The van der Waals surface area contributed by atoms with Crippen molar-refractivity contribution in [2.45, 2.75) is 76.7 Å². The van der Waals surface area contributed by atoms with Gasteiger partial charge in [-0.3, -0.25) is 14.4 Å². The Hall–Kier alpha value is -5.10. The summed E-state index contributed by atoms with van der Waals surface area (Å²) >= 11 is 12.5. The van der Waals surface area contributed by atoms with Crippen molar-refractivity contribution in [1.82, 2.24) is 31.9 Å². The second-order valence-corrected chi connectivity index (χ2v) is 19.1. The van der Waals surface area contributed by atoms with Crippen LogP contribution in [0.15, 0.2) is 91.0 Å². The molecule has 6 atom stereocenters. The van der Waals surface area contributed by atoms with Crippen LogP contribution >= 0.6 is 23.2 Å². The second kappa shape index (κ2) is 31.5. The monoisotopic (exact) mass is 1030 g/mol. The van der Waals surface area contributed by atoms with Gasteiger partial charge in [0.15, 0.2) is 0 Å². The number of alkyl carbamates (subject to hydrolysis) is 1. The maximum atomic E-state index is 13.1. The van der Waals surface area contributed by atoms with E-state index in [-0.39, 0.29) is 43.0 Å². The summed E-state index contributed by atoms with van der Waals surface area (Å²) in [6, 6.07) is 28.3. The van der Waals surface area contributed by atoms with Crippen molar-refractivity contribution >= 4 is 47.0 Å². The van der Waals surface area contributed by atoms with Gasteiger partial charge in [0, 0.05) is 92.8 Å². The van der Waals surface area contributed by atoms with Crippen LogP contribution in [0.2, 0.25) is 10.0 Å². The maximum Gasteiger partial charge on any atom is 0.406 e. The van der Waals surface area contributed by atoms with Gasteiger partial charge in [0.1, 0.15) is 12.2 Å². The second-order valence-electron chi connectivity index (χ2n) is 18.2. The van der Waals surface area contributed by atoms with Crippen LogP contribution in [0.25, 0.3) is 0 Å². The van der Waals surface area contributed by atoms with E-state index in [1.54, 1.807) is 18.2 Å². The first-order valence-electron chi connectivity index (χ1n) is 24.9. The number of carbonyl (C=O) groups is 4. The minimum atomic E-state index is -0.520. The lowest BCUT2D eigenvalue weighted by Gasteiger charge is -2.26. The Morgan fingerprint density at radius 3 is 1.64 bits per heavy atom. The van der Waals surface area contributed by atoms with Crippen molar-refractivity contribution in [3.8, 4) is 0 Å². The van der Waals surface area contributed by atoms with Gasteiger partial charge in [-0.2, -0.15) is 0 Å². The lowest BCUT2D eigenvalue weighted by molar-refractivity contribution is -0.119. The van der Waals surface area contributed by atoms with Gasteiger partial charge < -0.3 is 55.6 Å². The molecule has 4 amide bonds. The van der Waals surface area contributed by atoms with Gasteiger partial charge in [0.25, 0.3) is 11.8 Å². The molecule has 2 aliphatic heterocycles. The van der Waals surface area contributed by atoms with Crippen molar-refractivity contribution < 1.29 is 42.9 Å². The first kappa shape index (κ1) is 57.8. The summed E-state index contributed by atoms with van der Waals surface area (Å²) in [7, 11) is 5.16. The number of amides is 4. The first-order valence-corrected chi connectivity index (χ1v) is 25.7. The molecule has 15 nitrogen and oxygen atoms in total. The molecular weight excluding hydrogens is 960 g/mol. The van der Waals surface area contributed by atoms with E-state index in [0.29, 0.717) is 59.2 Å². The molecule has 2 saturated heterocycles. The highest BCUT2D eigenvalue weighted by molar-refractivity contribution is 6.31. The SMILES string of the molecule is CNC(CNC(=O)c1cccc(C(OCCNC(=O)OC)c2cc(Cl)ccc2C)c1)C[C@H]1CCCOC1.CN[C@@H](CNC(=O)c1cccc([C@@H](OCCNC(C)=O)c2cccc(Cl)c2)c1)CC1CCCOC1. The predicted molar refractivity (Wildman–Crippen MR) is 282 cm³/mol. The fraction of sp³-hybridized carbons (Fsp3) is 0.491. The molecule has 17 heteroatoms. The highest BCUT2D eigenvalue weighted by Gasteiger charge is 2.24. The number of ether oxygens (including phenoxy) is 5. The fourth-order valence-corrected chi connectivity index (χ4v) is 9.22. The number of hydrogen-bond acceptors (Lipinski definition) is 11. The van der Waals surface area contributed by atoms with E-state index >= 15 is 0 Å². The summed E-state index contributed by atoms with van der Waals surface area (Å²) in [4.78, 5) is 48.6. The third kappa shape index (κ3) is 19.7. The van der Waals surface area contributed by atoms with Gasteiger partial charge in [-0.15, -0.1) is 0 Å². The minimum Gasteiger partial charge on any atom is -0.453 e. The van der Waals surface area contributed by atoms with E-state index in [4.69, 9.17) is 42.1 Å². The molecule has 0 aromatic heterocycles. The number of hydrogen-bond donors (Lipinski definition) is 6. The van der Waals surface area contributed by atoms with Crippen LogP contribution in [-0.2, 0) is 28.5 Å². The van der Waals surface area contributed by atoms with Crippen LogP contribution in [0.3, 0.4) is 0 Å². The Kier molecular flexibility index (Phi) is 25.3. The minimum absolute atomic E-state index is 0.109. The molecule has 2 fully saturated rings. The smallest absolute Gasteiger partial charge is 0.406 e. The molecule has 0 spiro atoms. The van der Waals surface area contributed by atoms with Gasteiger partial charge in [0.2, 0.25) is 5.91 Å². The molecule has 4 aromatic rings. The quantitative estimate of drug-likeness (QED) is 0.0374. The summed E-state index contributed by atoms with van der Waals surface area (Å²) < 4.78 is 28.1. The van der Waals surface area contributed by atoms with Crippen molar-refractivity contribution in [1.29, 1.82) is 0 Å². The van der Waals surface area contributed by atoms with E-state index in [1.807, 2.05) is 93.8 Å². The Morgan fingerprint density at radius 2 is 1.14 bits per heavy atom. The lowest BCUT2D eigenvalue weighted by Crippen LogP contribution is -2.41. The lowest BCUT2D eigenvalue weighted by atomic mass is 9.94. The van der Waals surface area contributed by atoms with Crippen molar-refractivity contribution in [3.63, 3.8) is 0 Å². The summed E-state index contributed by atoms with van der Waals surface area (Å²) in [6.07, 6.45) is 5.03. The predicted octanol–water partition coefficient (Wildman–Crippen LogP) is 7.96. The summed E-state index contributed by atoms with van der Waals surface area (Å²) in [6.45, 7) is 9.04. The number of rotatable bonds is 24. The highest BCUT2D eigenvalue weighted by Crippen LogP contribution is 2.32. The maximum absolute atomic E-state index is 13.1. The number of aryl methyl sites for hydroxylation is 1. The zero-order valence-corrected chi connectivity index (χ0v) is 43.9. The van der Waals surface area contributed by atoms with Crippen molar-refractivity contribution in [2.75, 3.05) is 87.0 Å². The average Bonchev–Trinajstić information content (AvgIpc) is 3.40. The van der Waals surface area contributed by atoms with E-state index in [0.717, 1.165) is 86.3 Å². The molecule has 72 heavy (non-hydrogen) atoms. The molecule has 3 unspecified atom stereocenters. The molecule has 0 aliphatic carbocycles. The molecule has 392 valence electrons. The Morgan fingerprint density at radius 1 is 0.639 bits per heavy atom. The third-order valence-corrected chi connectivity index (χ3v) is 13.2. The first-order chi connectivity index (χ1) is 34.9. The van der Waals surface area contributed by atoms with Crippen LogP contribution in [0.1, 0.15) is 106 Å². The van der Waals surface area contributed by atoms with E-state index in [9.17, 15) is 19.2 Å². The zero-order chi connectivity index (χ0) is 51.7. The highest BCUT2D eigenvalue weighted by atomic mass is 35.5. The van der Waals surface area contributed by atoms with Gasteiger partial charge in [-0.25, -0.2) is 4.79 Å². The fourth-order valence-electron chi connectivity index (χ4n) is 8.84. The molecule has 6 rings (SSSR count). The Balaban J connectivity index is 0.000000268. The zero-order valence-electron chi connectivity index (χ0n) is 42.4. The molecule has 0 bridgehead atoms. The van der Waals surface area contributed by atoms with Crippen molar-refractivity contribution in [3.05, 3.63) is 140 Å². The van der Waals surface area contributed by atoms with Gasteiger partial charge >= 0.3 is 6.09 Å². The largest absolute Gasteiger partial charge is 0.453 e. The molecule has 4 aromatic carbocycles. The van der Waals surface area contributed by atoms with Crippen LogP contribution < -0.4 is 31.9 Å². The standard InChI is InChI=1S/C28H38ClN3O5.C27H36ClN3O4/c1-19-9-10-23(29)16-25(19)26(37-13-11-31-28(34)35-3)21-7-4-8-22(15-21)27(33)32-17-24(30-2)14-20-6-5-12-36-18-20;1-19(32)30-11-13-35-26(22-8-4-10-24(28)16-22)21-7-3-9-23(15-21)27(33)31-17-25(29-2)14-20-6-5-12-34-18-20/h4,7-10,15-16,20,24,26,30H,5-6,11-14,17-18H2,1-3H3,(H,31,34)(H,32,33);3-4,7-10,15-16,20,25-26,29H,5-6,11-14,17-18H2,1-2H3,(H,30,32)(H,31,33)/t20-,24?,26?;20?,25-,26-/m11/s1. The molecular formula is C55H74Cl2N6O9. The van der Waals surface area contributed by atoms with E-state index < -0.39 is 18.3 Å². The van der Waals surface area contributed by atoms with Gasteiger partial charge in [-0.1, -0.05) is 65.7 Å². The normalized spacial score (nSPS) is 17.2. The van der Waals surface area contributed by atoms with Crippen LogP contribution in [0, 0.1) is 18.8 Å². The number of halogens is 2. The van der Waals surface area contributed by atoms with E-state index in [2.05, 4.69) is 36.6 Å². The summed E-state index contributed by atoms with van der Waals surface area (Å²) in [5.74, 6) is 0.655. The van der Waals surface area contributed by atoms with Crippen molar-refractivity contribution in [2.24, 2.45) is 11.8 Å². The molecule has 6 N–H and O–H groups in total. The van der Waals surface area contributed by atoms with Gasteiger partial charge in [0.05, 0.1) is 20.3 Å². The van der Waals surface area contributed by atoms with Crippen LogP contribution in [0.5, 0.6) is 0 Å². The number of methoxy groups -OCH3 is 1. The summed E-state index contributed by atoms with van der Waals surface area (Å²) in [5, 5.41) is 19.3. The van der Waals surface area contributed by atoms with Crippen LogP contribution in [0.4, 0.5) is 4.79 Å². The number of likely N-dealkylation sites (N-methyl/N-ethyl adjacent to an activating group) is 2. The molecule has 0 radical (unpaired) electrons. The third-order valence-electron chi connectivity index (χ3n) is 12.8. The molecule has 2 heterocycles. The Bertz CT molecular complexity index is 2310. The topological polar surface area (TPSA) is 187 Å². The number of carbonyl (C=O) groups excluding carboxylic acids is 4. The van der Waals surface area contributed by atoms with E-state index in [1.165, 1.54) is 20.5 Å². The Labute approximate surface area is 435 Å². The molecule has 0 saturated carbocycles. The average molecular weight is 1030 g/mol. The van der Waals surface area contributed by atoms with Gasteiger partial charge in [-0.05, 0) is 148 Å². The number of benzene rings is 4. The van der Waals surface area contributed by atoms with Crippen LogP contribution in [-0.4, -0.2) is 123 Å². The number of nitrogens with one attached hydrogen (secondary N) is 6. The summed E-state index contributed by atoms with van der Waals surface area (Å²) in [5.41, 5.74) is 5.56.